The van der Waals surface area contributed by atoms with Gasteiger partial charge in [-0.1, -0.05) is 35.9 Å². The zero-order valence-corrected chi connectivity index (χ0v) is 19.4. The number of aliphatic imine (C=N–C) groups is 1. The Balaban J connectivity index is 1.48. The molecule has 4 heterocycles. The first kappa shape index (κ1) is 20.2. The highest BCUT2D eigenvalue weighted by Crippen LogP contribution is 2.51. The number of carbonyl (C=O) groups is 1. The number of allylic oxidation sites excluding steroid dienone is 1. The minimum atomic E-state index is -0.246. The number of carbonyl (C=O) groups excluding carboxylic acids is 1. The van der Waals surface area contributed by atoms with E-state index >= 15 is 0 Å². The molecule has 2 saturated heterocycles. The van der Waals surface area contributed by atoms with E-state index in [-0.39, 0.29) is 28.8 Å². The molecule has 9 heteroatoms. The second kappa shape index (κ2) is 7.88. The number of thiophene rings is 1. The fraction of sp³-hybridized carbons (Fsp3) is 0.391. The van der Waals surface area contributed by atoms with Crippen LogP contribution in [-0.2, 0) is 17.4 Å². The van der Waals surface area contributed by atoms with Crippen LogP contribution >= 0.6 is 22.1 Å². The predicted molar refractivity (Wildman–Crippen MR) is 128 cm³/mol. The van der Waals surface area contributed by atoms with Crippen molar-refractivity contribution < 1.29 is 9.53 Å². The van der Waals surface area contributed by atoms with Gasteiger partial charge >= 0.3 is 6.03 Å². The van der Waals surface area contributed by atoms with Gasteiger partial charge in [-0.05, 0) is 18.6 Å². The molecule has 3 atom stereocenters. The first-order valence-corrected chi connectivity index (χ1v) is 12.9. The number of hydrogen-bond acceptors (Lipinski definition) is 5. The average molecular weight is 471 g/mol. The number of ether oxygens (including phenoxy) is 1. The first-order valence-electron chi connectivity index (χ1n) is 10.9. The molecule has 1 N–H and O–H groups in total. The zero-order chi connectivity index (χ0) is 21.8. The predicted octanol–water partition coefficient (Wildman–Crippen LogP) is 3.73. The van der Waals surface area contributed by atoms with Gasteiger partial charge < -0.3 is 9.64 Å². The third-order valence-electron chi connectivity index (χ3n) is 6.63. The quantitative estimate of drug-likeness (QED) is 0.645. The Labute approximate surface area is 194 Å². The number of morpholine rings is 1. The molecule has 1 aromatic carbocycles. The van der Waals surface area contributed by atoms with Crippen molar-refractivity contribution >= 4 is 45.4 Å². The van der Waals surface area contributed by atoms with Crippen molar-refractivity contribution in [1.29, 1.82) is 0 Å². The Morgan fingerprint density at radius 3 is 2.91 bits per heavy atom. The number of nitrogens with zero attached hydrogens (tertiary/aromatic N) is 4. The van der Waals surface area contributed by atoms with E-state index in [0.717, 1.165) is 12.0 Å². The summed E-state index contributed by atoms with van der Waals surface area (Å²) in [7, 11) is -0.0980. The van der Waals surface area contributed by atoms with Crippen LogP contribution < -0.4 is 10.3 Å². The maximum atomic E-state index is 13.6. The highest BCUT2D eigenvalue weighted by molar-refractivity contribution is 7.34. The van der Waals surface area contributed by atoms with Gasteiger partial charge in [-0.25, -0.2) is 15.2 Å². The van der Waals surface area contributed by atoms with Crippen LogP contribution in [0.1, 0.15) is 27.7 Å². The number of benzene rings is 1. The number of hydrazine groups is 1. The summed E-state index contributed by atoms with van der Waals surface area (Å²) < 4.78 is 5.46. The van der Waals surface area contributed by atoms with E-state index < -0.39 is 0 Å². The zero-order valence-electron chi connectivity index (χ0n) is 17.8. The third kappa shape index (κ3) is 3.01. The van der Waals surface area contributed by atoms with Crippen LogP contribution in [0.4, 0.5) is 9.80 Å². The first-order chi connectivity index (χ1) is 15.6. The van der Waals surface area contributed by atoms with Crippen LogP contribution in [0.5, 0.6) is 0 Å². The van der Waals surface area contributed by atoms with Crippen molar-refractivity contribution in [3.63, 3.8) is 0 Å². The molecule has 7 nitrogen and oxygen atoms in total. The number of hydrogen-bond donors (Lipinski definition) is 1. The van der Waals surface area contributed by atoms with Crippen molar-refractivity contribution in [2.24, 2.45) is 11.2 Å². The Kier molecular flexibility index (Phi) is 4.98. The summed E-state index contributed by atoms with van der Waals surface area (Å²) in [6.07, 6.45) is 9.25. The van der Waals surface area contributed by atoms with Crippen LogP contribution in [0.3, 0.4) is 0 Å². The molecule has 2 amide bonds. The van der Waals surface area contributed by atoms with Gasteiger partial charge in [0.25, 0.3) is 5.00 Å². The summed E-state index contributed by atoms with van der Waals surface area (Å²) in [5.74, 6) is 0. The molecule has 4 aliphatic rings. The molecule has 0 radical (unpaired) electrons. The van der Waals surface area contributed by atoms with Gasteiger partial charge in [0.15, 0.2) is 4.88 Å². The molecule has 0 saturated carbocycles. The van der Waals surface area contributed by atoms with Crippen LogP contribution in [0.2, 0.25) is 5.02 Å². The lowest BCUT2D eigenvalue weighted by Gasteiger charge is -2.33. The SMILES string of the molecule is C[s+]1c2c(c3c1N1C(c4ccccc4Cl)NN(C(=O)N4CCOCC4)C1CN=C3)CC=C2. The molecule has 1 aromatic heterocycles. The number of nitrogens with one attached hydrogen (secondary N) is 1. The minimum Gasteiger partial charge on any atom is -0.378 e. The monoisotopic (exact) mass is 470 g/mol. The molecular weight excluding hydrogens is 446 g/mol. The third-order valence-corrected chi connectivity index (χ3v) is 9.03. The van der Waals surface area contributed by atoms with E-state index in [9.17, 15) is 4.79 Å². The maximum absolute atomic E-state index is 13.6. The summed E-state index contributed by atoms with van der Waals surface area (Å²) in [6.45, 7) is 2.82. The second-order valence-electron chi connectivity index (χ2n) is 8.37. The smallest absolute Gasteiger partial charge is 0.336 e. The summed E-state index contributed by atoms with van der Waals surface area (Å²) in [5, 5.41) is 3.70. The highest BCUT2D eigenvalue weighted by atomic mass is 35.5. The molecule has 3 unspecified atom stereocenters. The second-order valence-corrected chi connectivity index (χ2v) is 10.6. The Morgan fingerprint density at radius 2 is 2.09 bits per heavy atom. The van der Waals surface area contributed by atoms with E-state index in [0.29, 0.717) is 37.9 Å². The van der Waals surface area contributed by atoms with Gasteiger partial charge in [-0.15, -0.1) is 0 Å². The van der Waals surface area contributed by atoms with Crippen molar-refractivity contribution in [3.05, 3.63) is 56.9 Å². The van der Waals surface area contributed by atoms with Gasteiger partial charge in [-0.2, -0.15) is 0 Å². The standard InChI is InChI=1S/C23H25ClN5O2S/c1-32-19-8-4-6-15(19)17-13-25-14-20-28(22(17)32)21(16-5-2-3-7-18(16)24)26-29(20)23(30)27-9-11-31-12-10-27/h2-5,7-8,13,20-21,26H,6,9-12,14H2,1H3/q+1. The summed E-state index contributed by atoms with van der Waals surface area (Å²) >= 11 is 6.66. The average Bonchev–Trinajstić information content (AvgIpc) is 3.46. The van der Waals surface area contributed by atoms with Gasteiger partial charge in [0.2, 0.25) is 0 Å². The lowest BCUT2D eigenvalue weighted by molar-refractivity contribution is 0.0372. The van der Waals surface area contributed by atoms with Gasteiger partial charge in [0, 0.05) is 45.9 Å². The van der Waals surface area contributed by atoms with Gasteiger partial charge in [0.05, 0.1) is 25.3 Å². The molecule has 32 heavy (non-hydrogen) atoms. The number of anilines is 1. The van der Waals surface area contributed by atoms with E-state index in [2.05, 4.69) is 28.7 Å². The normalized spacial score (nSPS) is 24.4. The van der Waals surface area contributed by atoms with E-state index in [1.807, 2.05) is 35.4 Å². The fourth-order valence-corrected chi connectivity index (χ4v) is 7.45. The van der Waals surface area contributed by atoms with E-state index in [1.54, 1.807) is 5.01 Å². The Morgan fingerprint density at radius 1 is 1.28 bits per heavy atom. The van der Waals surface area contributed by atoms with E-state index in [1.165, 1.54) is 21.0 Å². The van der Waals surface area contributed by atoms with Crippen LogP contribution in [0.25, 0.3) is 6.08 Å². The molecule has 166 valence electrons. The number of amides is 2. The number of rotatable bonds is 1. The molecule has 3 aliphatic heterocycles. The summed E-state index contributed by atoms with van der Waals surface area (Å²) in [6, 6.07) is 7.84. The Hall–Kier alpha value is -2.39. The maximum Gasteiger partial charge on any atom is 0.336 e. The van der Waals surface area contributed by atoms with Crippen molar-refractivity contribution in [2.45, 2.75) is 18.8 Å². The molecule has 0 spiro atoms. The van der Waals surface area contributed by atoms with Gasteiger partial charge in [0.1, 0.15) is 18.6 Å². The number of fused-ring (bicyclic) bond motifs is 5. The molecule has 2 fully saturated rings. The van der Waals surface area contributed by atoms with Gasteiger partial charge in [-0.3, -0.25) is 9.89 Å². The van der Waals surface area contributed by atoms with Crippen LogP contribution in [-0.4, -0.2) is 61.2 Å². The lowest BCUT2D eigenvalue weighted by Crippen LogP contribution is -2.54. The number of halogens is 1. The molecule has 0 bridgehead atoms. The summed E-state index contributed by atoms with van der Waals surface area (Å²) in [4.78, 5) is 24.0. The van der Waals surface area contributed by atoms with E-state index in [4.69, 9.17) is 21.3 Å². The largest absolute Gasteiger partial charge is 0.378 e. The molecular formula is C23H25ClN5O2S+. The van der Waals surface area contributed by atoms with Crippen molar-refractivity contribution in [3.8, 4) is 0 Å². The minimum absolute atomic E-state index is 0.0357. The van der Waals surface area contributed by atoms with Crippen LogP contribution in [0, 0.1) is 0 Å². The Bertz CT molecular complexity index is 1140. The van der Waals surface area contributed by atoms with Crippen LogP contribution in [0.15, 0.2) is 35.3 Å². The fourth-order valence-electron chi connectivity index (χ4n) is 5.09. The molecule has 6 rings (SSSR count). The topological polar surface area (TPSA) is 60.4 Å². The summed E-state index contributed by atoms with van der Waals surface area (Å²) in [5.41, 5.74) is 7.05. The highest BCUT2D eigenvalue weighted by Gasteiger charge is 2.50. The molecule has 1 aliphatic carbocycles. The number of urea groups is 1. The molecule has 2 aromatic rings. The lowest BCUT2D eigenvalue weighted by atomic mass is 10.1. The van der Waals surface area contributed by atoms with Crippen molar-refractivity contribution in [1.82, 2.24) is 15.3 Å². The van der Waals surface area contributed by atoms with Crippen molar-refractivity contribution in [2.75, 3.05) is 37.7 Å².